The quantitative estimate of drug-likeness (QED) is 0.235. The number of ether oxygens (including phenoxy) is 1. The van der Waals surface area contributed by atoms with Crippen LogP contribution >= 0.6 is 23.4 Å². The number of aromatic nitrogens is 5. The maximum atomic E-state index is 13.1. The number of rotatable bonds is 10. The van der Waals surface area contributed by atoms with E-state index in [0.717, 1.165) is 5.56 Å². The van der Waals surface area contributed by atoms with Gasteiger partial charge in [-0.15, -0.1) is 16.8 Å². The summed E-state index contributed by atoms with van der Waals surface area (Å²) < 4.78 is 10.9. The fourth-order valence-electron chi connectivity index (χ4n) is 3.72. The topological polar surface area (TPSA) is 96.0 Å². The first-order valence-corrected chi connectivity index (χ1v) is 12.8. The van der Waals surface area contributed by atoms with Gasteiger partial charge in [0.2, 0.25) is 5.91 Å². The SMILES string of the molecule is C=CCn1c(COc2ccc(Cl)c(C)c2)nnc1SCC(=O)Nc1c(C)n(C)n(-c2ccccc2)c1=O. The summed E-state index contributed by atoms with van der Waals surface area (Å²) in [6, 6.07) is 14.7. The van der Waals surface area contributed by atoms with Crippen molar-refractivity contribution in [2.75, 3.05) is 11.1 Å². The van der Waals surface area contributed by atoms with Gasteiger partial charge in [0.25, 0.3) is 5.56 Å². The molecule has 0 saturated carbocycles. The zero-order chi connectivity index (χ0) is 26.5. The van der Waals surface area contributed by atoms with Gasteiger partial charge in [0.05, 0.1) is 17.1 Å². The minimum atomic E-state index is -0.321. The van der Waals surface area contributed by atoms with Crippen molar-refractivity contribution in [2.45, 2.75) is 32.2 Å². The van der Waals surface area contributed by atoms with Gasteiger partial charge in [0, 0.05) is 18.6 Å². The Morgan fingerprint density at radius 1 is 1.19 bits per heavy atom. The lowest BCUT2D eigenvalue weighted by Gasteiger charge is -2.10. The zero-order valence-corrected chi connectivity index (χ0v) is 22.3. The lowest BCUT2D eigenvalue weighted by molar-refractivity contribution is -0.113. The molecule has 11 heteroatoms. The molecule has 0 spiro atoms. The first-order chi connectivity index (χ1) is 17.8. The Morgan fingerprint density at radius 3 is 2.65 bits per heavy atom. The number of aryl methyl sites for hydroxylation is 1. The van der Waals surface area contributed by atoms with E-state index in [0.29, 0.717) is 39.7 Å². The minimum Gasteiger partial charge on any atom is -0.486 e. The zero-order valence-electron chi connectivity index (χ0n) is 20.8. The van der Waals surface area contributed by atoms with Gasteiger partial charge < -0.3 is 10.1 Å². The van der Waals surface area contributed by atoms with Gasteiger partial charge in [-0.2, -0.15) is 0 Å². The number of thioether (sulfide) groups is 1. The van der Waals surface area contributed by atoms with E-state index in [1.165, 1.54) is 16.4 Å². The maximum Gasteiger partial charge on any atom is 0.295 e. The van der Waals surface area contributed by atoms with Gasteiger partial charge in [0.1, 0.15) is 18.0 Å². The van der Waals surface area contributed by atoms with Crippen LogP contribution in [0.5, 0.6) is 5.75 Å². The van der Waals surface area contributed by atoms with E-state index in [-0.39, 0.29) is 29.5 Å². The van der Waals surface area contributed by atoms with Crippen molar-refractivity contribution in [3.05, 3.63) is 93.6 Å². The molecule has 4 rings (SSSR count). The highest BCUT2D eigenvalue weighted by Gasteiger charge is 2.19. The summed E-state index contributed by atoms with van der Waals surface area (Å²) in [6.45, 7) is 8.14. The molecule has 1 N–H and O–H groups in total. The number of amides is 1. The van der Waals surface area contributed by atoms with Crippen molar-refractivity contribution in [3.8, 4) is 11.4 Å². The monoisotopic (exact) mass is 538 g/mol. The van der Waals surface area contributed by atoms with Crippen molar-refractivity contribution < 1.29 is 9.53 Å². The maximum absolute atomic E-state index is 13.1. The number of carbonyl (C=O) groups is 1. The fourth-order valence-corrected chi connectivity index (χ4v) is 4.60. The number of benzene rings is 2. The molecular weight excluding hydrogens is 512 g/mol. The minimum absolute atomic E-state index is 0.0472. The number of allylic oxidation sites excluding steroid dienone is 1. The van der Waals surface area contributed by atoms with Gasteiger partial charge in [0.15, 0.2) is 11.0 Å². The molecule has 0 atom stereocenters. The molecule has 9 nitrogen and oxygen atoms in total. The molecule has 192 valence electrons. The molecule has 0 fully saturated rings. The predicted molar refractivity (Wildman–Crippen MR) is 146 cm³/mol. The highest BCUT2D eigenvalue weighted by atomic mass is 35.5. The van der Waals surface area contributed by atoms with E-state index in [2.05, 4.69) is 22.1 Å². The summed E-state index contributed by atoms with van der Waals surface area (Å²) in [5.74, 6) is 0.993. The lowest BCUT2D eigenvalue weighted by atomic mass is 10.2. The van der Waals surface area contributed by atoms with Crippen molar-refractivity contribution in [2.24, 2.45) is 7.05 Å². The predicted octanol–water partition coefficient (Wildman–Crippen LogP) is 4.53. The van der Waals surface area contributed by atoms with Crippen LogP contribution in [0.2, 0.25) is 5.02 Å². The molecule has 1 amide bonds. The molecule has 37 heavy (non-hydrogen) atoms. The molecule has 0 unspecified atom stereocenters. The molecule has 2 aromatic carbocycles. The van der Waals surface area contributed by atoms with E-state index < -0.39 is 0 Å². The van der Waals surface area contributed by atoms with Gasteiger partial charge in [-0.25, -0.2) is 4.68 Å². The number of nitrogens with zero attached hydrogens (tertiary/aromatic N) is 5. The van der Waals surface area contributed by atoms with Gasteiger partial charge in [-0.05, 0) is 49.7 Å². The van der Waals surface area contributed by atoms with Crippen LogP contribution in [0, 0.1) is 13.8 Å². The van der Waals surface area contributed by atoms with Crippen LogP contribution in [-0.2, 0) is 25.0 Å². The standard InChI is InChI=1S/C26H27ClN6O3S/c1-5-13-32-22(15-36-20-11-12-21(27)17(2)14-20)29-30-26(32)37-16-23(34)28-24-18(3)31(4)33(25(24)35)19-9-7-6-8-10-19/h5-12,14H,1,13,15-16H2,2-4H3,(H,28,34). The molecule has 0 aliphatic heterocycles. The molecule has 2 heterocycles. The van der Waals surface area contributed by atoms with Gasteiger partial charge in [-0.3, -0.25) is 18.8 Å². The summed E-state index contributed by atoms with van der Waals surface area (Å²) in [5, 5.41) is 12.4. The van der Waals surface area contributed by atoms with Crippen LogP contribution in [-0.4, -0.2) is 35.8 Å². The van der Waals surface area contributed by atoms with Crippen LogP contribution in [0.4, 0.5) is 5.69 Å². The number of para-hydroxylation sites is 1. The second-order valence-corrected chi connectivity index (χ2v) is 9.62. The van der Waals surface area contributed by atoms with E-state index >= 15 is 0 Å². The summed E-state index contributed by atoms with van der Waals surface area (Å²) in [4.78, 5) is 25.8. The highest BCUT2D eigenvalue weighted by molar-refractivity contribution is 7.99. The summed E-state index contributed by atoms with van der Waals surface area (Å²) in [5.41, 5.74) is 2.24. The molecule has 4 aromatic rings. The van der Waals surface area contributed by atoms with E-state index in [1.807, 2.05) is 47.9 Å². The second-order valence-electron chi connectivity index (χ2n) is 8.27. The number of hydrogen-bond donors (Lipinski definition) is 1. The average molecular weight is 539 g/mol. The summed E-state index contributed by atoms with van der Waals surface area (Å²) in [6.07, 6.45) is 1.72. The fraction of sp³-hybridized carbons (Fsp3) is 0.231. The Labute approximate surface area is 223 Å². The third kappa shape index (κ3) is 5.81. The Kier molecular flexibility index (Phi) is 8.20. The van der Waals surface area contributed by atoms with Crippen LogP contribution in [0.25, 0.3) is 5.69 Å². The largest absolute Gasteiger partial charge is 0.486 e. The third-order valence-electron chi connectivity index (χ3n) is 5.75. The Morgan fingerprint density at radius 2 is 1.95 bits per heavy atom. The smallest absolute Gasteiger partial charge is 0.295 e. The van der Waals surface area contributed by atoms with Crippen molar-refractivity contribution >= 4 is 35.0 Å². The molecule has 0 aliphatic carbocycles. The normalized spacial score (nSPS) is 10.9. The molecule has 0 aliphatic rings. The second kappa shape index (κ2) is 11.5. The summed E-state index contributed by atoms with van der Waals surface area (Å²) in [7, 11) is 1.78. The number of hydrogen-bond acceptors (Lipinski definition) is 6. The van der Waals surface area contributed by atoms with Crippen LogP contribution in [0.3, 0.4) is 0 Å². The Bertz CT molecular complexity index is 1490. The van der Waals surface area contributed by atoms with E-state index in [1.54, 1.807) is 36.9 Å². The van der Waals surface area contributed by atoms with Crippen LogP contribution < -0.4 is 15.6 Å². The molecule has 0 saturated heterocycles. The first kappa shape index (κ1) is 26.3. The summed E-state index contributed by atoms with van der Waals surface area (Å²) >= 11 is 7.31. The van der Waals surface area contributed by atoms with Crippen molar-refractivity contribution in [1.82, 2.24) is 24.1 Å². The average Bonchev–Trinajstić information content (AvgIpc) is 3.37. The highest BCUT2D eigenvalue weighted by Crippen LogP contribution is 2.23. The molecule has 2 aromatic heterocycles. The Balaban J connectivity index is 1.44. The van der Waals surface area contributed by atoms with E-state index in [9.17, 15) is 9.59 Å². The first-order valence-electron chi connectivity index (χ1n) is 11.5. The van der Waals surface area contributed by atoms with E-state index in [4.69, 9.17) is 16.3 Å². The number of anilines is 1. The van der Waals surface area contributed by atoms with Crippen molar-refractivity contribution in [1.29, 1.82) is 0 Å². The van der Waals surface area contributed by atoms with Gasteiger partial charge in [-0.1, -0.05) is 47.6 Å². The third-order valence-corrected chi connectivity index (χ3v) is 7.14. The number of halogens is 1. The number of nitrogens with one attached hydrogen (secondary N) is 1. The Hall–Kier alpha value is -3.76. The van der Waals surface area contributed by atoms with Crippen molar-refractivity contribution in [3.63, 3.8) is 0 Å². The van der Waals surface area contributed by atoms with Crippen LogP contribution in [0.15, 0.2) is 71.1 Å². The van der Waals surface area contributed by atoms with Crippen LogP contribution in [0.1, 0.15) is 17.1 Å². The molecule has 0 radical (unpaired) electrons. The lowest BCUT2D eigenvalue weighted by Crippen LogP contribution is -2.23. The molecule has 0 bridgehead atoms. The van der Waals surface area contributed by atoms with Gasteiger partial charge >= 0.3 is 0 Å². The molecular formula is C26H27ClN6O3S. The number of carbonyl (C=O) groups excluding carboxylic acids is 1.